The second-order valence-electron chi connectivity index (χ2n) is 7.46. The molecule has 3 aromatic carbocycles. The summed E-state index contributed by atoms with van der Waals surface area (Å²) in [6.07, 6.45) is 0.797. The van der Waals surface area contributed by atoms with Gasteiger partial charge in [0.2, 0.25) is 0 Å². The summed E-state index contributed by atoms with van der Waals surface area (Å²) in [4.78, 5) is 27.4. The lowest BCUT2D eigenvalue weighted by atomic mass is 10.1. The fourth-order valence-electron chi connectivity index (χ4n) is 3.72. The Balaban J connectivity index is 1.49. The van der Waals surface area contributed by atoms with E-state index in [1.165, 1.54) is 14.2 Å². The average molecular weight is 451 g/mol. The van der Waals surface area contributed by atoms with Crippen molar-refractivity contribution in [1.82, 2.24) is 5.32 Å². The molecule has 0 bridgehead atoms. The second-order valence-corrected chi connectivity index (χ2v) is 7.90. The van der Waals surface area contributed by atoms with Gasteiger partial charge < -0.3 is 19.7 Å². The number of nitrogens with one attached hydrogen (secondary N) is 1. The molecule has 0 atom stereocenters. The molecule has 0 saturated carbocycles. The van der Waals surface area contributed by atoms with Crippen LogP contribution in [-0.2, 0) is 13.0 Å². The first-order chi connectivity index (χ1) is 15.5. The Kier molecular flexibility index (Phi) is 6.32. The van der Waals surface area contributed by atoms with Gasteiger partial charge in [-0.1, -0.05) is 23.7 Å². The van der Waals surface area contributed by atoms with E-state index in [2.05, 4.69) is 5.32 Å². The minimum absolute atomic E-state index is 0.0647. The van der Waals surface area contributed by atoms with Crippen molar-refractivity contribution in [2.75, 3.05) is 25.7 Å². The van der Waals surface area contributed by atoms with Gasteiger partial charge in [-0.25, -0.2) is 0 Å². The highest BCUT2D eigenvalue weighted by molar-refractivity contribution is 6.30. The second kappa shape index (κ2) is 9.32. The van der Waals surface area contributed by atoms with Gasteiger partial charge in [-0.05, 0) is 60.0 Å². The summed E-state index contributed by atoms with van der Waals surface area (Å²) < 4.78 is 10.5. The van der Waals surface area contributed by atoms with E-state index in [0.717, 1.165) is 23.2 Å². The van der Waals surface area contributed by atoms with Gasteiger partial charge in [-0.15, -0.1) is 0 Å². The summed E-state index contributed by atoms with van der Waals surface area (Å²) in [6, 6.07) is 17.9. The SMILES string of the molecule is COc1cc(OC)cc(C(=O)NCc2ccc3c(c2)N(C(=O)c2ccc(Cl)cc2)CC3)c1. The van der Waals surface area contributed by atoms with Crippen LogP contribution in [0.15, 0.2) is 60.7 Å². The van der Waals surface area contributed by atoms with Crippen LogP contribution in [0.4, 0.5) is 5.69 Å². The first kappa shape index (κ1) is 21.7. The number of rotatable bonds is 6. The summed E-state index contributed by atoms with van der Waals surface area (Å²) in [7, 11) is 3.08. The topological polar surface area (TPSA) is 67.9 Å². The molecule has 2 amide bonds. The van der Waals surface area contributed by atoms with Crippen LogP contribution in [0.25, 0.3) is 0 Å². The zero-order chi connectivity index (χ0) is 22.7. The van der Waals surface area contributed by atoms with Crippen molar-refractivity contribution >= 4 is 29.1 Å². The van der Waals surface area contributed by atoms with Crippen LogP contribution in [0.3, 0.4) is 0 Å². The number of carbonyl (C=O) groups is 2. The number of benzene rings is 3. The lowest BCUT2D eigenvalue weighted by Crippen LogP contribution is -2.29. The van der Waals surface area contributed by atoms with Crippen LogP contribution >= 0.6 is 11.6 Å². The number of amides is 2. The zero-order valence-electron chi connectivity index (χ0n) is 17.9. The van der Waals surface area contributed by atoms with Crippen LogP contribution in [0.2, 0.25) is 5.02 Å². The van der Waals surface area contributed by atoms with Crippen LogP contribution < -0.4 is 19.7 Å². The fraction of sp³-hybridized carbons (Fsp3) is 0.200. The van der Waals surface area contributed by atoms with Crippen molar-refractivity contribution in [3.63, 3.8) is 0 Å². The number of fused-ring (bicyclic) bond motifs is 1. The quantitative estimate of drug-likeness (QED) is 0.600. The van der Waals surface area contributed by atoms with Gasteiger partial charge in [0.15, 0.2) is 0 Å². The Morgan fingerprint density at radius 1 is 0.938 bits per heavy atom. The van der Waals surface area contributed by atoms with Gasteiger partial charge in [0.25, 0.3) is 11.8 Å². The minimum Gasteiger partial charge on any atom is -0.497 e. The molecule has 0 fully saturated rings. The Labute approximate surface area is 191 Å². The summed E-state index contributed by atoms with van der Waals surface area (Å²) in [5.74, 6) is 0.786. The normalized spacial score (nSPS) is 12.3. The van der Waals surface area contributed by atoms with E-state index in [1.54, 1.807) is 47.4 Å². The number of hydrogen-bond donors (Lipinski definition) is 1. The molecule has 4 rings (SSSR count). The highest BCUT2D eigenvalue weighted by Crippen LogP contribution is 2.31. The van der Waals surface area contributed by atoms with Gasteiger partial charge in [0.05, 0.1) is 14.2 Å². The first-order valence-corrected chi connectivity index (χ1v) is 10.6. The molecule has 0 spiro atoms. The summed E-state index contributed by atoms with van der Waals surface area (Å²) in [6.45, 7) is 0.949. The molecule has 0 unspecified atom stereocenters. The maximum Gasteiger partial charge on any atom is 0.258 e. The zero-order valence-corrected chi connectivity index (χ0v) is 18.6. The number of anilines is 1. The van der Waals surface area contributed by atoms with E-state index in [1.807, 2.05) is 18.2 Å². The van der Waals surface area contributed by atoms with Crippen LogP contribution in [-0.4, -0.2) is 32.6 Å². The molecular formula is C25H23ClN2O4. The van der Waals surface area contributed by atoms with E-state index in [-0.39, 0.29) is 11.8 Å². The molecule has 0 aromatic heterocycles. The van der Waals surface area contributed by atoms with E-state index in [9.17, 15) is 9.59 Å². The molecule has 0 radical (unpaired) electrons. The molecule has 0 saturated heterocycles. The monoisotopic (exact) mass is 450 g/mol. The first-order valence-electron chi connectivity index (χ1n) is 10.2. The number of hydrogen-bond acceptors (Lipinski definition) is 4. The lowest BCUT2D eigenvalue weighted by molar-refractivity contribution is 0.0948. The number of carbonyl (C=O) groups excluding carboxylic acids is 2. The summed E-state index contributed by atoms with van der Waals surface area (Å²) >= 11 is 5.94. The maximum absolute atomic E-state index is 13.0. The average Bonchev–Trinajstić information content (AvgIpc) is 3.25. The predicted octanol–water partition coefficient (Wildman–Crippen LogP) is 4.49. The molecule has 1 N–H and O–H groups in total. The molecule has 6 nitrogen and oxygen atoms in total. The van der Waals surface area contributed by atoms with Crippen molar-refractivity contribution in [2.24, 2.45) is 0 Å². The number of nitrogens with zero attached hydrogens (tertiary/aromatic N) is 1. The maximum atomic E-state index is 13.0. The van der Waals surface area contributed by atoms with Crippen molar-refractivity contribution in [2.45, 2.75) is 13.0 Å². The third kappa shape index (κ3) is 4.55. The van der Waals surface area contributed by atoms with Gasteiger partial charge in [-0.2, -0.15) is 0 Å². The van der Waals surface area contributed by atoms with E-state index < -0.39 is 0 Å². The molecule has 32 heavy (non-hydrogen) atoms. The number of halogens is 1. The predicted molar refractivity (Wildman–Crippen MR) is 124 cm³/mol. The molecular weight excluding hydrogens is 428 g/mol. The van der Waals surface area contributed by atoms with Crippen molar-refractivity contribution < 1.29 is 19.1 Å². The number of ether oxygens (including phenoxy) is 2. The summed E-state index contributed by atoms with van der Waals surface area (Å²) in [5, 5.41) is 3.52. The smallest absolute Gasteiger partial charge is 0.258 e. The molecule has 0 aliphatic carbocycles. The van der Waals surface area contributed by atoms with Gasteiger partial charge in [-0.3, -0.25) is 9.59 Å². The molecule has 3 aromatic rings. The van der Waals surface area contributed by atoms with Crippen LogP contribution in [0.5, 0.6) is 11.5 Å². The largest absolute Gasteiger partial charge is 0.497 e. The Bertz CT molecular complexity index is 1140. The number of methoxy groups -OCH3 is 2. The molecule has 7 heteroatoms. The van der Waals surface area contributed by atoms with Crippen molar-refractivity contribution in [1.29, 1.82) is 0 Å². The van der Waals surface area contributed by atoms with E-state index >= 15 is 0 Å². The Morgan fingerprint density at radius 3 is 2.28 bits per heavy atom. The van der Waals surface area contributed by atoms with Gasteiger partial charge in [0.1, 0.15) is 11.5 Å². The lowest BCUT2D eigenvalue weighted by Gasteiger charge is -2.18. The fourth-order valence-corrected chi connectivity index (χ4v) is 3.84. The third-order valence-corrected chi connectivity index (χ3v) is 5.70. The molecule has 1 aliphatic rings. The highest BCUT2D eigenvalue weighted by Gasteiger charge is 2.26. The summed E-state index contributed by atoms with van der Waals surface area (Å²) in [5.41, 5.74) is 3.93. The third-order valence-electron chi connectivity index (χ3n) is 5.45. The molecule has 164 valence electrons. The molecule has 1 heterocycles. The van der Waals surface area contributed by atoms with Crippen molar-refractivity contribution in [3.05, 3.63) is 87.9 Å². The van der Waals surface area contributed by atoms with Gasteiger partial charge >= 0.3 is 0 Å². The van der Waals surface area contributed by atoms with Gasteiger partial charge in [0, 0.05) is 41.0 Å². The van der Waals surface area contributed by atoms with E-state index in [4.69, 9.17) is 21.1 Å². The highest BCUT2D eigenvalue weighted by atomic mass is 35.5. The van der Waals surface area contributed by atoms with E-state index in [0.29, 0.717) is 40.7 Å². The van der Waals surface area contributed by atoms with Crippen LogP contribution in [0.1, 0.15) is 31.8 Å². The van der Waals surface area contributed by atoms with Crippen LogP contribution in [0, 0.1) is 0 Å². The standard InChI is InChI=1S/C25H23ClN2O4/c1-31-21-12-19(13-22(14-21)32-2)24(29)27-15-16-3-4-17-9-10-28(23(17)11-16)25(30)18-5-7-20(26)8-6-18/h3-8,11-14H,9-10,15H2,1-2H3,(H,27,29). The minimum atomic E-state index is -0.239. The molecule has 1 aliphatic heterocycles. The van der Waals surface area contributed by atoms with Crippen molar-refractivity contribution in [3.8, 4) is 11.5 Å². The Hall–Kier alpha value is -3.51. The Morgan fingerprint density at radius 2 is 1.62 bits per heavy atom.